The molecule has 1 aliphatic heterocycles. The van der Waals surface area contributed by atoms with Crippen molar-refractivity contribution in [3.05, 3.63) is 34.9 Å². The van der Waals surface area contributed by atoms with Gasteiger partial charge in [-0.3, -0.25) is 14.5 Å². The van der Waals surface area contributed by atoms with Crippen LogP contribution in [0.5, 0.6) is 0 Å². The van der Waals surface area contributed by atoms with Gasteiger partial charge in [0.2, 0.25) is 5.91 Å². The van der Waals surface area contributed by atoms with Crippen molar-refractivity contribution in [1.29, 1.82) is 0 Å². The number of amides is 4. The average molecular weight is 340 g/mol. The molecule has 0 aliphatic carbocycles. The smallest absolute Gasteiger partial charge is 0.325 e. The molecule has 0 saturated carbocycles. The summed E-state index contributed by atoms with van der Waals surface area (Å²) >= 11 is 6.13. The Morgan fingerprint density at radius 1 is 1.39 bits per heavy atom. The Bertz CT molecular complexity index is 637. The van der Waals surface area contributed by atoms with E-state index >= 15 is 0 Å². The van der Waals surface area contributed by atoms with Gasteiger partial charge in [0.15, 0.2) is 0 Å². The molecule has 0 spiro atoms. The lowest BCUT2D eigenvalue weighted by molar-refractivity contribution is -0.134. The maximum absolute atomic E-state index is 12.6. The molecule has 0 unspecified atom stereocenters. The molecular weight excluding hydrogens is 322 g/mol. The van der Waals surface area contributed by atoms with Crippen molar-refractivity contribution in [2.24, 2.45) is 0 Å². The van der Waals surface area contributed by atoms with E-state index < -0.39 is 23.4 Å². The number of nitrogens with one attached hydrogen (secondary N) is 2. The number of imide groups is 1. The summed E-state index contributed by atoms with van der Waals surface area (Å²) in [6, 6.07) is 6.15. The molecule has 124 valence electrons. The van der Waals surface area contributed by atoms with Crippen molar-refractivity contribution in [2.45, 2.75) is 12.5 Å². The van der Waals surface area contributed by atoms with Crippen LogP contribution in [0.2, 0.25) is 5.02 Å². The summed E-state index contributed by atoms with van der Waals surface area (Å²) in [5, 5.41) is 5.54. The first-order valence-electron chi connectivity index (χ1n) is 7.05. The molecule has 1 fully saturated rings. The number of benzene rings is 1. The summed E-state index contributed by atoms with van der Waals surface area (Å²) in [5.41, 5.74) is -0.801. The molecule has 0 bridgehead atoms. The van der Waals surface area contributed by atoms with Gasteiger partial charge < -0.3 is 15.4 Å². The highest BCUT2D eigenvalue weighted by Crippen LogP contribution is 2.33. The van der Waals surface area contributed by atoms with Crippen LogP contribution >= 0.6 is 11.6 Å². The van der Waals surface area contributed by atoms with Crippen molar-refractivity contribution >= 4 is 29.4 Å². The molecule has 0 radical (unpaired) electrons. The molecule has 1 heterocycles. The summed E-state index contributed by atoms with van der Waals surface area (Å²) in [6.07, 6.45) is 0. The summed E-state index contributed by atoms with van der Waals surface area (Å²) in [5.74, 6) is -0.952. The molecule has 1 aromatic rings. The molecule has 1 aliphatic rings. The van der Waals surface area contributed by atoms with Crippen LogP contribution in [-0.2, 0) is 19.9 Å². The van der Waals surface area contributed by atoms with E-state index in [9.17, 15) is 14.4 Å². The van der Waals surface area contributed by atoms with E-state index in [2.05, 4.69) is 10.6 Å². The number of carbonyl (C=O) groups is 3. The lowest BCUT2D eigenvalue weighted by atomic mass is 9.92. The number of rotatable bonds is 6. The number of nitrogens with zero attached hydrogens (tertiary/aromatic N) is 1. The second kappa shape index (κ2) is 6.97. The second-order valence-corrected chi connectivity index (χ2v) is 5.68. The minimum absolute atomic E-state index is 0.306. The van der Waals surface area contributed by atoms with Crippen molar-refractivity contribution < 1.29 is 19.1 Å². The Hall–Kier alpha value is -2.12. The Balaban J connectivity index is 2.14. The summed E-state index contributed by atoms with van der Waals surface area (Å²) in [6.45, 7) is 1.87. The maximum atomic E-state index is 12.6. The first-order valence-corrected chi connectivity index (χ1v) is 7.42. The average Bonchev–Trinajstić information content (AvgIpc) is 2.72. The minimum atomic E-state index is -1.29. The standard InChI is InChI=1S/C15H18ClN3O4/c1-15(10-5-3-4-6-11(10)16)13(21)19(14(22)18-15)9-12(20)17-7-8-23-2/h3-6H,7-9H2,1-2H3,(H,17,20)(H,18,22)/t15-/m1/s1. The highest BCUT2D eigenvalue weighted by Gasteiger charge is 2.50. The van der Waals surface area contributed by atoms with E-state index in [0.717, 1.165) is 4.90 Å². The van der Waals surface area contributed by atoms with E-state index in [4.69, 9.17) is 16.3 Å². The molecular formula is C15H18ClN3O4. The molecule has 1 aromatic carbocycles. The molecule has 8 heteroatoms. The summed E-state index contributed by atoms with van der Waals surface area (Å²) in [7, 11) is 1.51. The van der Waals surface area contributed by atoms with E-state index in [0.29, 0.717) is 23.7 Å². The number of carbonyl (C=O) groups excluding carboxylic acids is 3. The van der Waals surface area contributed by atoms with E-state index in [1.165, 1.54) is 7.11 Å². The topological polar surface area (TPSA) is 87.7 Å². The number of methoxy groups -OCH3 is 1. The predicted molar refractivity (Wildman–Crippen MR) is 83.9 cm³/mol. The fraction of sp³-hybridized carbons (Fsp3) is 0.400. The fourth-order valence-electron chi connectivity index (χ4n) is 2.38. The zero-order chi connectivity index (χ0) is 17.0. The lowest BCUT2D eigenvalue weighted by Crippen LogP contribution is -2.43. The first kappa shape index (κ1) is 17.2. The van der Waals surface area contributed by atoms with E-state index in [-0.39, 0.29) is 6.54 Å². The third-order valence-electron chi connectivity index (χ3n) is 3.62. The van der Waals surface area contributed by atoms with Gasteiger partial charge in [-0.25, -0.2) is 4.79 Å². The first-order chi connectivity index (χ1) is 10.9. The Morgan fingerprint density at radius 3 is 2.74 bits per heavy atom. The summed E-state index contributed by atoms with van der Waals surface area (Å²) < 4.78 is 4.82. The van der Waals surface area contributed by atoms with Crippen LogP contribution in [0.15, 0.2) is 24.3 Å². The molecule has 1 saturated heterocycles. The van der Waals surface area contributed by atoms with Gasteiger partial charge in [0, 0.05) is 24.2 Å². The van der Waals surface area contributed by atoms with E-state index in [1.54, 1.807) is 31.2 Å². The zero-order valence-electron chi connectivity index (χ0n) is 12.9. The fourth-order valence-corrected chi connectivity index (χ4v) is 2.71. The third kappa shape index (κ3) is 3.46. The number of hydrogen-bond donors (Lipinski definition) is 2. The Morgan fingerprint density at radius 2 is 2.09 bits per heavy atom. The SMILES string of the molecule is COCCNC(=O)CN1C(=O)N[C@](C)(c2ccccc2Cl)C1=O. The van der Waals surface area contributed by atoms with Crippen LogP contribution in [0.4, 0.5) is 4.79 Å². The van der Waals surface area contributed by atoms with Crippen LogP contribution in [0.1, 0.15) is 12.5 Å². The van der Waals surface area contributed by atoms with Crippen LogP contribution < -0.4 is 10.6 Å². The van der Waals surface area contributed by atoms with Gasteiger partial charge >= 0.3 is 6.03 Å². The van der Waals surface area contributed by atoms with Crippen LogP contribution in [0.3, 0.4) is 0 Å². The molecule has 2 N–H and O–H groups in total. The van der Waals surface area contributed by atoms with Crippen molar-refractivity contribution in [3.8, 4) is 0 Å². The molecule has 7 nitrogen and oxygen atoms in total. The van der Waals surface area contributed by atoms with Crippen LogP contribution in [-0.4, -0.2) is 49.6 Å². The van der Waals surface area contributed by atoms with E-state index in [1.807, 2.05) is 0 Å². The largest absolute Gasteiger partial charge is 0.383 e. The Labute approximate surface area is 138 Å². The third-order valence-corrected chi connectivity index (χ3v) is 3.95. The van der Waals surface area contributed by atoms with Crippen LogP contribution in [0.25, 0.3) is 0 Å². The van der Waals surface area contributed by atoms with Crippen molar-refractivity contribution in [3.63, 3.8) is 0 Å². The number of urea groups is 1. The lowest BCUT2D eigenvalue weighted by Gasteiger charge is -2.23. The zero-order valence-corrected chi connectivity index (χ0v) is 13.6. The highest BCUT2D eigenvalue weighted by atomic mass is 35.5. The van der Waals surface area contributed by atoms with Crippen molar-refractivity contribution in [2.75, 3.05) is 26.8 Å². The predicted octanol–water partition coefficient (Wildman–Crippen LogP) is 0.870. The van der Waals surface area contributed by atoms with Gasteiger partial charge in [-0.1, -0.05) is 29.8 Å². The van der Waals surface area contributed by atoms with Gasteiger partial charge in [0.1, 0.15) is 12.1 Å². The van der Waals surface area contributed by atoms with Crippen LogP contribution in [0, 0.1) is 0 Å². The quantitative estimate of drug-likeness (QED) is 0.594. The normalized spacial score (nSPS) is 20.6. The number of ether oxygens (including phenoxy) is 1. The van der Waals surface area contributed by atoms with Gasteiger partial charge in [0.25, 0.3) is 5.91 Å². The van der Waals surface area contributed by atoms with Gasteiger partial charge in [-0.05, 0) is 13.0 Å². The number of hydrogen-bond acceptors (Lipinski definition) is 4. The highest BCUT2D eigenvalue weighted by molar-refractivity contribution is 6.32. The summed E-state index contributed by atoms with van der Waals surface area (Å²) in [4.78, 5) is 37.4. The Kier molecular flexibility index (Phi) is 5.23. The number of halogens is 1. The maximum Gasteiger partial charge on any atom is 0.325 e. The monoisotopic (exact) mass is 339 g/mol. The molecule has 4 amide bonds. The van der Waals surface area contributed by atoms with Gasteiger partial charge in [-0.15, -0.1) is 0 Å². The van der Waals surface area contributed by atoms with Crippen molar-refractivity contribution in [1.82, 2.24) is 15.5 Å². The second-order valence-electron chi connectivity index (χ2n) is 5.27. The molecule has 0 aromatic heterocycles. The van der Waals surface area contributed by atoms with Gasteiger partial charge in [0.05, 0.1) is 6.61 Å². The molecule has 23 heavy (non-hydrogen) atoms. The van der Waals surface area contributed by atoms with Gasteiger partial charge in [-0.2, -0.15) is 0 Å². The molecule has 1 atom stereocenters. The minimum Gasteiger partial charge on any atom is -0.383 e. The molecule has 2 rings (SSSR count).